The van der Waals surface area contributed by atoms with Gasteiger partial charge in [-0.15, -0.1) is 0 Å². The third-order valence-electron chi connectivity index (χ3n) is 11.5. The minimum absolute atomic E-state index is 0.130. The van der Waals surface area contributed by atoms with Gasteiger partial charge in [-0.3, -0.25) is 4.99 Å². The van der Waals surface area contributed by atoms with Crippen molar-refractivity contribution in [2.75, 3.05) is 0 Å². The quantitative estimate of drug-likeness (QED) is 0.115. The van der Waals surface area contributed by atoms with Gasteiger partial charge in [-0.1, -0.05) is 153 Å². The molecular weight excluding hydrogens is 655 g/mol. The zero-order valence-corrected chi connectivity index (χ0v) is 30.9. The van der Waals surface area contributed by atoms with Gasteiger partial charge in [0.1, 0.15) is 5.84 Å². The Morgan fingerprint density at radius 2 is 1.44 bits per heavy atom. The van der Waals surface area contributed by atoms with E-state index >= 15 is 0 Å². The molecule has 0 fully saturated rings. The normalized spacial score (nSPS) is 17.4. The van der Waals surface area contributed by atoms with Crippen molar-refractivity contribution >= 4 is 50.9 Å². The van der Waals surface area contributed by atoms with Crippen LogP contribution in [-0.2, 0) is 0 Å². The Bertz CT molecular complexity index is 2650. The van der Waals surface area contributed by atoms with Gasteiger partial charge in [0.05, 0.1) is 6.04 Å². The number of hydrogen-bond acceptors (Lipinski definition) is 3. The number of benzene rings is 6. The van der Waals surface area contributed by atoms with Gasteiger partial charge in [0.25, 0.3) is 0 Å². The van der Waals surface area contributed by atoms with Crippen molar-refractivity contribution in [2.24, 2.45) is 4.99 Å². The number of hydrogen-bond donors (Lipinski definition) is 2. The first-order valence-electron chi connectivity index (χ1n) is 19.5. The highest BCUT2D eigenvalue weighted by molar-refractivity contribution is 6.13. The lowest BCUT2D eigenvalue weighted by Gasteiger charge is -2.26. The van der Waals surface area contributed by atoms with Crippen LogP contribution >= 0.6 is 0 Å². The average Bonchev–Trinajstić information content (AvgIpc) is 3.25. The number of amidine groups is 1. The second-order valence-corrected chi connectivity index (χ2v) is 14.8. The molecule has 0 bridgehead atoms. The smallest absolute Gasteiger partial charge is 0.129 e. The maximum absolute atomic E-state index is 7.99. The lowest BCUT2D eigenvalue weighted by atomic mass is 9.86. The summed E-state index contributed by atoms with van der Waals surface area (Å²) in [5, 5.41) is 19.6. The van der Waals surface area contributed by atoms with Crippen LogP contribution in [0.2, 0.25) is 0 Å². The van der Waals surface area contributed by atoms with Crippen molar-refractivity contribution in [3.63, 3.8) is 0 Å². The molecule has 3 heteroatoms. The van der Waals surface area contributed by atoms with Crippen LogP contribution in [-0.4, -0.2) is 12.1 Å². The van der Waals surface area contributed by atoms with Gasteiger partial charge in [-0.25, -0.2) is 0 Å². The number of rotatable bonds is 9. The van der Waals surface area contributed by atoms with E-state index < -0.39 is 0 Å². The maximum atomic E-state index is 7.99. The Balaban J connectivity index is 1.08. The van der Waals surface area contributed by atoms with Crippen molar-refractivity contribution in [3.8, 4) is 11.1 Å². The van der Waals surface area contributed by atoms with Crippen molar-refractivity contribution in [3.05, 3.63) is 184 Å². The fourth-order valence-electron chi connectivity index (χ4n) is 8.63. The molecule has 3 aliphatic rings. The number of aliphatic imine (C=N–C) groups is 1. The summed E-state index contributed by atoms with van der Waals surface area (Å²) in [6.45, 7) is 2.18. The Labute approximate surface area is 318 Å². The minimum atomic E-state index is -0.130. The molecule has 54 heavy (non-hydrogen) atoms. The lowest BCUT2D eigenvalue weighted by molar-refractivity contribution is 0.752. The monoisotopic (exact) mass is 699 g/mol. The van der Waals surface area contributed by atoms with E-state index in [2.05, 4.69) is 164 Å². The minimum Gasteiger partial charge on any atom is -0.340 e. The van der Waals surface area contributed by atoms with E-state index in [0.717, 1.165) is 55.6 Å². The first-order valence-corrected chi connectivity index (χ1v) is 19.5. The van der Waals surface area contributed by atoms with Gasteiger partial charge in [-0.2, -0.15) is 0 Å². The molecule has 0 amide bonds. The highest BCUT2D eigenvalue weighted by Crippen LogP contribution is 2.37. The zero-order chi connectivity index (χ0) is 36.4. The first-order chi connectivity index (χ1) is 26.7. The Hall–Kier alpha value is -6.06. The molecule has 0 radical (unpaired) electrons. The third kappa shape index (κ3) is 6.45. The van der Waals surface area contributed by atoms with Crippen molar-refractivity contribution < 1.29 is 0 Å². The second-order valence-electron chi connectivity index (χ2n) is 14.8. The maximum Gasteiger partial charge on any atom is 0.129 e. The molecule has 6 aromatic rings. The topological polar surface area (TPSA) is 48.2 Å². The molecule has 1 heterocycles. The summed E-state index contributed by atoms with van der Waals surface area (Å²) >= 11 is 0. The van der Waals surface area contributed by atoms with E-state index in [1.807, 2.05) is 0 Å². The van der Waals surface area contributed by atoms with Crippen LogP contribution in [0.15, 0.2) is 162 Å². The number of nitrogens with zero attached hydrogens (tertiary/aromatic N) is 1. The van der Waals surface area contributed by atoms with E-state index in [4.69, 9.17) is 10.4 Å². The van der Waals surface area contributed by atoms with Gasteiger partial charge in [0.15, 0.2) is 0 Å². The molecule has 0 aromatic heterocycles. The number of fused-ring (bicyclic) bond motifs is 4. The van der Waals surface area contributed by atoms with E-state index in [-0.39, 0.29) is 12.0 Å². The zero-order valence-electron chi connectivity index (χ0n) is 30.9. The molecule has 2 aliphatic carbocycles. The first kappa shape index (κ1) is 33.8. The summed E-state index contributed by atoms with van der Waals surface area (Å²) in [6, 6.07) is 46.3. The highest BCUT2D eigenvalue weighted by atomic mass is 15.0. The fraction of sp³-hybridized carbons (Fsp3) is 0.176. The van der Waals surface area contributed by atoms with Crippen molar-refractivity contribution in [1.82, 2.24) is 5.32 Å². The third-order valence-corrected chi connectivity index (χ3v) is 11.5. The average molecular weight is 700 g/mol. The summed E-state index contributed by atoms with van der Waals surface area (Å²) in [6.07, 6.45) is 17.1. The van der Waals surface area contributed by atoms with E-state index in [1.54, 1.807) is 6.21 Å². The summed E-state index contributed by atoms with van der Waals surface area (Å²) in [5.41, 5.74) is 11.2. The molecule has 0 saturated carbocycles. The summed E-state index contributed by atoms with van der Waals surface area (Å²) in [7, 11) is 0. The standard InChI is InChI=1S/C51H45N3/c1-2-10-42(33-52)34-19-25-38(26-20-34)49-32-50(54-51(53-49)40-29-23-36(24-30-40)44-18-9-13-35-11-3-5-14-43(35)44)39-27-21-37(22-28-39)48-31-41-12-4-6-15-45(41)46-16-7-8-17-47(46)48/h3-8,11-17,19-23,25-29,31-33,42,50,52H,2,9-10,18,24,30H2,1H3,(H,53,54). The fourth-order valence-corrected chi connectivity index (χ4v) is 8.63. The Morgan fingerprint density at radius 3 is 2.22 bits per heavy atom. The molecule has 2 atom stereocenters. The molecule has 264 valence electrons. The number of allylic oxidation sites excluding steroid dienone is 3. The Morgan fingerprint density at radius 1 is 0.741 bits per heavy atom. The largest absolute Gasteiger partial charge is 0.340 e. The molecule has 1 aliphatic heterocycles. The van der Waals surface area contributed by atoms with Crippen LogP contribution in [0.3, 0.4) is 0 Å². The highest BCUT2D eigenvalue weighted by Gasteiger charge is 2.23. The predicted octanol–water partition coefficient (Wildman–Crippen LogP) is 11.3. The van der Waals surface area contributed by atoms with E-state index in [0.29, 0.717) is 0 Å². The molecule has 0 saturated heterocycles. The second kappa shape index (κ2) is 14.8. The molecule has 2 unspecified atom stereocenters. The SMILES string of the molecule is CCCC(C=N)c1ccc(C2=CC(c3ccc(-c4cc5ccccc5c5ccccc45)cc3)N=C(C3=CC=C(C4=c5ccccc5=CCC4)CC3)N2)cc1. The van der Waals surface area contributed by atoms with Gasteiger partial charge < -0.3 is 10.7 Å². The summed E-state index contributed by atoms with van der Waals surface area (Å²) in [5.74, 6) is 1.10. The van der Waals surface area contributed by atoms with Crippen LogP contribution < -0.4 is 15.8 Å². The predicted molar refractivity (Wildman–Crippen MR) is 229 cm³/mol. The molecule has 3 nitrogen and oxygen atoms in total. The van der Waals surface area contributed by atoms with Crippen molar-refractivity contribution in [1.29, 1.82) is 5.41 Å². The van der Waals surface area contributed by atoms with Gasteiger partial charge in [0, 0.05) is 17.8 Å². The van der Waals surface area contributed by atoms with E-state index in [9.17, 15) is 0 Å². The lowest BCUT2D eigenvalue weighted by Crippen LogP contribution is -2.30. The van der Waals surface area contributed by atoms with E-state index in [1.165, 1.54) is 71.0 Å². The van der Waals surface area contributed by atoms with Crippen LogP contribution in [0.1, 0.15) is 74.1 Å². The Kier molecular flexibility index (Phi) is 9.22. The van der Waals surface area contributed by atoms with Crippen LogP contribution in [0.5, 0.6) is 0 Å². The summed E-state index contributed by atoms with van der Waals surface area (Å²) in [4.78, 5) is 5.39. The van der Waals surface area contributed by atoms with Crippen LogP contribution in [0.25, 0.3) is 50.0 Å². The summed E-state index contributed by atoms with van der Waals surface area (Å²) < 4.78 is 0. The van der Waals surface area contributed by atoms with Gasteiger partial charge in [-0.05, 0) is 121 Å². The molecule has 2 N–H and O–H groups in total. The number of nitrogens with one attached hydrogen (secondary N) is 2. The van der Waals surface area contributed by atoms with Crippen molar-refractivity contribution in [2.45, 2.75) is 57.4 Å². The van der Waals surface area contributed by atoms with Crippen LogP contribution in [0, 0.1) is 5.41 Å². The molecular formula is C51H45N3. The van der Waals surface area contributed by atoms with Crippen LogP contribution in [0.4, 0.5) is 0 Å². The van der Waals surface area contributed by atoms with Gasteiger partial charge in [0.2, 0.25) is 0 Å². The van der Waals surface area contributed by atoms with Gasteiger partial charge >= 0.3 is 0 Å². The molecule has 6 aromatic carbocycles. The molecule has 9 rings (SSSR count). The molecule has 0 spiro atoms.